The molecule has 0 fully saturated rings. The van der Waals surface area contributed by atoms with Gasteiger partial charge in [-0.2, -0.15) is 0 Å². The van der Waals surface area contributed by atoms with Crippen LogP contribution in [0.5, 0.6) is 0 Å². The second-order valence-electron chi connectivity index (χ2n) is 3.01. The fraction of sp³-hybridized carbons (Fsp3) is 0.300. The topological polar surface area (TPSA) is 24.9 Å². The lowest BCUT2D eigenvalue weighted by Crippen LogP contribution is -2.15. The van der Waals surface area contributed by atoms with Gasteiger partial charge in [0.2, 0.25) is 0 Å². The summed E-state index contributed by atoms with van der Waals surface area (Å²) in [6, 6.07) is 5.90. The summed E-state index contributed by atoms with van der Waals surface area (Å²) in [5.41, 5.74) is 2.17. The van der Waals surface area contributed by atoms with E-state index < -0.39 is 0 Å². The summed E-state index contributed by atoms with van der Waals surface area (Å²) in [6.45, 7) is 7.44. The number of rotatable bonds is 4. The van der Waals surface area contributed by atoms with E-state index in [1.54, 1.807) is 0 Å². The van der Waals surface area contributed by atoms with Crippen molar-refractivity contribution in [3.05, 3.63) is 40.6 Å². The number of pyridine rings is 1. The van der Waals surface area contributed by atoms with Crippen LogP contribution in [0.2, 0.25) is 0 Å². The number of hydrogen-bond acceptors (Lipinski definition) is 2. The van der Waals surface area contributed by atoms with Crippen molar-refractivity contribution in [1.82, 2.24) is 10.3 Å². The highest BCUT2D eigenvalue weighted by Crippen LogP contribution is 2.05. The van der Waals surface area contributed by atoms with Crippen molar-refractivity contribution in [2.75, 3.05) is 6.54 Å². The van der Waals surface area contributed by atoms with Crippen LogP contribution < -0.4 is 5.32 Å². The summed E-state index contributed by atoms with van der Waals surface area (Å²) in [5.74, 6) is 0. The van der Waals surface area contributed by atoms with E-state index in [0.717, 1.165) is 29.0 Å². The number of nitrogens with zero attached hydrogens (tertiary/aromatic N) is 1. The monoisotopic (exact) mass is 240 g/mol. The summed E-state index contributed by atoms with van der Waals surface area (Å²) in [6.07, 6.45) is 0. The Balaban J connectivity index is 2.41. The van der Waals surface area contributed by atoms with E-state index in [1.807, 2.05) is 25.1 Å². The average Bonchev–Trinajstić information content (AvgIpc) is 2.03. The Labute approximate surface area is 87.2 Å². The highest BCUT2D eigenvalue weighted by atomic mass is 79.9. The van der Waals surface area contributed by atoms with E-state index in [-0.39, 0.29) is 0 Å². The molecule has 0 aliphatic carbocycles. The van der Waals surface area contributed by atoms with Gasteiger partial charge in [-0.15, -0.1) is 0 Å². The minimum Gasteiger partial charge on any atom is -0.307 e. The Morgan fingerprint density at radius 2 is 2.38 bits per heavy atom. The summed E-state index contributed by atoms with van der Waals surface area (Å²) in [7, 11) is 0. The normalized spacial score (nSPS) is 10.0. The first-order chi connectivity index (χ1) is 6.18. The molecule has 0 aromatic carbocycles. The molecule has 0 amide bonds. The van der Waals surface area contributed by atoms with E-state index in [0.29, 0.717) is 0 Å². The predicted octanol–water partition coefficient (Wildman–Crippen LogP) is 2.51. The molecule has 0 aliphatic rings. The molecule has 1 aromatic rings. The first-order valence-electron chi connectivity index (χ1n) is 4.15. The summed E-state index contributed by atoms with van der Waals surface area (Å²) in [5, 5.41) is 3.25. The van der Waals surface area contributed by atoms with E-state index in [2.05, 4.69) is 32.8 Å². The molecule has 70 valence electrons. The van der Waals surface area contributed by atoms with Crippen molar-refractivity contribution < 1.29 is 0 Å². The molecule has 0 radical (unpaired) electrons. The molecule has 1 N–H and O–H groups in total. The second kappa shape index (κ2) is 5.14. The Morgan fingerprint density at radius 1 is 1.62 bits per heavy atom. The minimum atomic E-state index is 0.784. The molecule has 1 heterocycles. The van der Waals surface area contributed by atoms with Crippen molar-refractivity contribution >= 4 is 15.9 Å². The third-order valence-electron chi connectivity index (χ3n) is 1.51. The zero-order valence-corrected chi connectivity index (χ0v) is 9.26. The molecule has 0 atom stereocenters. The fourth-order valence-electron chi connectivity index (χ4n) is 0.953. The van der Waals surface area contributed by atoms with Gasteiger partial charge in [-0.05, 0) is 35.0 Å². The van der Waals surface area contributed by atoms with Gasteiger partial charge in [0.25, 0.3) is 0 Å². The molecule has 1 rings (SSSR count). The van der Waals surface area contributed by atoms with Crippen molar-refractivity contribution in [3.8, 4) is 0 Å². The lowest BCUT2D eigenvalue weighted by Gasteiger charge is -2.03. The highest BCUT2D eigenvalue weighted by molar-refractivity contribution is 9.10. The van der Waals surface area contributed by atoms with Crippen LogP contribution in [0.25, 0.3) is 0 Å². The molecule has 0 saturated heterocycles. The van der Waals surface area contributed by atoms with Gasteiger partial charge >= 0.3 is 0 Å². The molecular formula is C10H13BrN2. The van der Waals surface area contributed by atoms with Crippen molar-refractivity contribution in [3.63, 3.8) is 0 Å². The molecule has 13 heavy (non-hydrogen) atoms. The Kier molecular flexibility index (Phi) is 4.12. The van der Waals surface area contributed by atoms with Crippen LogP contribution in [-0.4, -0.2) is 11.5 Å². The van der Waals surface area contributed by atoms with Crippen LogP contribution in [0, 0.1) is 0 Å². The van der Waals surface area contributed by atoms with Crippen LogP contribution in [0.1, 0.15) is 12.6 Å². The molecule has 0 aliphatic heterocycles. The lowest BCUT2D eigenvalue weighted by atomic mass is 10.3. The third kappa shape index (κ3) is 4.20. The maximum Gasteiger partial charge on any atom is 0.106 e. The van der Waals surface area contributed by atoms with Crippen LogP contribution in [0.3, 0.4) is 0 Å². The van der Waals surface area contributed by atoms with Crippen LogP contribution in [0.15, 0.2) is 35.0 Å². The molecule has 1 aromatic heterocycles. The van der Waals surface area contributed by atoms with Gasteiger partial charge in [-0.25, -0.2) is 4.98 Å². The van der Waals surface area contributed by atoms with Crippen molar-refractivity contribution in [1.29, 1.82) is 0 Å². The van der Waals surface area contributed by atoms with Gasteiger partial charge in [0.15, 0.2) is 0 Å². The van der Waals surface area contributed by atoms with Crippen LogP contribution in [-0.2, 0) is 6.54 Å². The van der Waals surface area contributed by atoms with E-state index >= 15 is 0 Å². The summed E-state index contributed by atoms with van der Waals surface area (Å²) < 4.78 is 0.877. The third-order valence-corrected chi connectivity index (χ3v) is 1.95. The van der Waals surface area contributed by atoms with Gasteiger partial charge in [0, 0.05) is 13.1 Å². The SMILES string of the molecule is C=C(C)CNCc1cccc(Br)n1. The van der Waals surface area contributed by atoms with E-state index in [9.17, 15) is 0 Å². The van der Waals surface area contributed by atoms with Gasteiger partial charge in [-0.3, -0.25) is 0 Å². The van der Waals surface area contributed by atoms with Gasteiger partial charge < -0.3 is 5.32 Å². The highest BCUT2D eigenvalue weighted by Gasteiger charge is 1.94. The zero-order chi connectivity index (χ0) is 9.68. The Morgan fingerprint density at radius 3 is 3.00 bits per heavy atom. The Bertz CT molecular complexity index is 297. The zero-order valence-electron chi connectivity index (χ0n) is 7.68. The van der Waals surface area contributed by atoms with E-state index in [4.69, 9.17) is 0 Å². The molecule has 2 nitrogen and oxygen atoms in total. The van der Waals surface area contributed by atoms with Gasteiger partial charge in [0.05, 0.1) is 5.69 Å². The molecule has 0 spiro atoms. The quantitative estimate of drug-likeness (QED) is 0.647. The lowest BCUT2D eigenvalue weighted by molar-refractivity contribution is 0.722. The molecule has 3 heteroatoms. The molecule has 0 bridgehead atoms. The number of hydrogen-bond donors (Lipinski definition) is 1. The van der Waals surface area contributed by atoms with Crippen molar-refractivity contribution in [2.45, 2.75) is 13.5 Å². The number of halogens is 1. The number of nitrogens with one attached hydrogen (secondary N) is 1. The van der Waals surface area contributed by atoms with Gasteiger partial charge in [0.1, 0.15) is 4.60 Å². The maximum atomic E-state index is 4.29. The first kappa shape index (κ1) is 10.4. The van der Waals surface area contributed by atoms with Crippen LogP contribution >= 0.6 is 15.9 Å². The predicted molar refractivity (Wildman–Crippen MR) is 58.5 cm³/mol. The second-order valence-corrected chi connectivity index (χ2v) is 3.82. The molecule has 0 saturated carbocycles. The van der Waals surface area contributed by atoms with Crippen molar-refractivity contribution in [2.24, 2.45) is 0 Å². The minimum absolute atomic E-state index is 0.784. The summed E-state index contributed by atoms with van der Waals surface area (Å²) in [4.78, 5) is 4.29. The Hall–Kier alpha value is -0.670. The first-order valence-corrected chi connectivity index (χ1v) is 4.94. The smallest absolute Gasteiger partial charge is 0.106 e. The molecular weight excluding hydrogens is 228 g/mol. The summed E-state index contributed by atoms with van der Waals surface area (Å²) >= 11 is 3.33. The fourth-order valence-corrected chi connectivity index (χ4v) is 1.33. The maximum absolute atomic E-state index is 4.29. The number of aromatic nitrogens is 1. The average molecular weight is 241 g/mol. The van der Waals surface area contributed by atoms with E-state index in [1.165, 1.54) is 0 Å². The van der Waals surface area contributed by atoms with Crippen LogP contribution in [0.4, 0.5) is 0 Å². The largest absolute Gasteiger partial charge is 0.307 e. The standard InChI is InChI=1S/C10H13BrN2/c1-8(2)6-12-7-9-4-3-5-10(11)13-9/h3-5,12H,1,6-7H2,2H3. The molecule has 0 unspecified atom stereocenters. The van der Waals surface area contributed by atoms with Gasteiger partial charge in [-0.1, -0.05) is 18.2 Å².